The van der Waals surface area contributed by atoms with E-state index >= 15 is 0 Å². The number of carboxylic acids is 1. The molecule has 0 heterocycles. The summed E-state index contributed by atoms with van der Waals surface area (Å²) in [5, 5.41) is 11.7. The number of ether oxygens (including phenoxy) is 2. The minimum atomic E-state index is -1.27. The van der Waals surface area contributed by atoms with Gasteiger partial charge in [0.15, 0.2) is 11.5 Å². The summed E-state index contributed by atoms with van der Waals surface area (Å²) in [5.41, 5.74) is 1.10. The molecular formula is C19H17BrClNO5. The zero-order chi connectivity index (χ0) is 20.0. The van der Waals surface area contributed by atoms with Gasteiger partial charge >= 0.3 is 5.97 Å². The predicted octanol–water partition coefficient (Wildman–Crippen LogP) is 4.25. The van der Waals surface area contributed by atoms with Gasteiger partial charge in [-0.2, -0.15) is 0 Å². The highest BCUT2D eigenvalue weighted by Gasteiger charge is 2.14. The number of hydrogen-bond acceptors (Lipinski definition) is 4. The molecule has 0 aromatic heterocycles. The SMILES string of the molecule is COc1cc(/C=C(/NC(C)=O)C(=O)O)cc(Cl)c1OCc1cccc(Br)c1. The minimum Gasteiger partial charge on any atom is -0.493 e. The van der Waals surface area contributed by atoms with Crippen molar-refractivity contribution >= 4 is 45.5 Å². The number of amides is 1. The van der Waals surface area contributed by atoms with E-state index in [1.807, 2.05) is 24.3 Å². The molecule has 2 aromatic carbocycles. The fourth-order valence-electron chi connectivity index (χ4n) is 2.25. The van der Waals surface area contributed by atoms with E-state index in [4.69, 9.17) is 21.1 Å². The van der Waals surface area contributed by atoms with E-state index in [-0.39, 0.29) is 17.3 Å². The average molecular weight is 455 g/mol. The van der Waals surface area contributed by atoms with Gasteiger partial charge in [0.1, 0.15) is 12.3 Å². The van der Waals surface area contributed by atoms with Gasteiger partial charge < -0.3 is 19.9 Å². The Labute approximate surface area is 169 Å². The molecule has 2 aromatic rings. The molecule has 142 valence electrons. The lowest BCUT2D eigenvalue weighted by Crippen LogP contribution is -2.24. The molecule has 0 atom stereocenters. The highest BCUT2D eigenvalue weighted by Crippen LogP contribution is 2.37. The second-order valence-corrected chi connectivity index (χ2v) is 6.82. The van der Waals surface area contributed by atoms with Crippen molar-refractivity contribution in [1.82, 2.24) is 5.32 Å². The lowest BCUT2D eigenvalue weighted by Gasteiger charge is -2.14. The summed E-state index contributed by atoms with van der Waals surface area (Å²) >= 11 is 9.70. The van der Waals surface area contributed by atoms with Crippen LogP contribution in [0.15, 0.2) is 46.6 Å². The van der Waals surface area contributed by atoms with Crippen molar-refractivity contribution in [2.24, 2.45) is 0 Å². The molecule has 0 fully saturated rings. The molecule has 8 heteroatoms. The lowest BCUT2D eigenvalue weighted by molar-refractivity contribution is -0.134. The molecular weight excluding hydrogens is 438 g/mol. The van der Waals surface area contributed by atoms with Crippen LogP contribution in [0.3, 0.4) is 0 Å². The summed E-state index contributed by atoms with van der Waals surface area (Å²) in [4.78, 5) is 22.4. The second kappa shape index (κ2) is 9.43. The molecule has 0 saturated carbocycles. The number of rotatable bonds is 7. The fraction of sp³-hybridized carbons (Fsp3) is 0.158. The quantitative estimate of drug-likeness (QED) is 0.611. The zero-order valence-electron chi connectivity index (χ0n) is 14.6. The number of carboxylic acid groups (broad SMARTS) is 1. The van der Waals surface area contributed by atoms with Crippen LogP contribution in [0, 0.1) is 0 Å². The zero-order valence-corrected chi connectivity index (χ0v) is 16.9. The van der Waals surface area contributed by atoms with Crippen LogP contribution >= 0.6 is 27.5 Å². The molecule has 1 amide bonds. The van der Waals surface area contributed by atoms with Crippen LogP contribution in [0.5, 0.6) is 11.5 Å². The van der Waals surface area contributed by atoms with Crippen LogP contribution in [0.2, 0.25) is 5.02 Å². The Hall–Kier alpha value is -2.51. The number of halogens is 2. The summed E-state index contributed by atoms with van der Waals surface area (Å²) in [7, 11) is 1.46. The molecule has 2 rings (SSSR count). The molecule has 0 saturated heterocycles. The van der Waals surface area contributed by atoms with Gasteiger partial charge in [0.05, 0.1) is 12.1 Å². The van der Waals surface area contributed by atoms with Crippen molar-refractivity contribution in [3.05, 3.63) is 62.7 Å². The van der Waals surface area contributed by atoms with Crippen molar-refractivity contribution in [2.75, 3.05) is 7.11 Å². The molecule has 0 radical (unpaired) electrons. The van der Waals surface area contributed by atoms with E-state index in [1.165, 1.54) is 26.2 Å². The van der Waals surface area contributed by atoms with E-state index in [0.29, 0.717) is 17.1 Å². The van der Waals surface area contributed by atoms with Crippen LogP contribution in [0.25, 0.3) is 6.08 Å². The Morgan fingerprint density at radius 2 is 2.04 bits per heavy atom. The number of carbonyl (C=O) groups excluding carboxylic acids is 1. The first-order valence-corrected chi connectivity index (χ1v) is 8.94. The molecule has 2 N–H and O–H groups in total. The molecule has 0 spiro atoms. The first-order valence-electron chi connectivity index (χ1n) is 7.77. The van der Waals surface area contributed by atoms with Crippen LogP contribution in [-0.4, -0.2) is 24.1 Å². The molecule has 0 unspecified atom stereocenters. The van der Waals surface area contributed by atoms with Crippen molar-refractivity contribution in [3.8, 4) is 11.5 Å². The Kier molecular flexibility index (Phi) is 7.27. The van der Waals surface area contributed by atoms with Crippen molar-refractivity contribution in [3.63, 3.8) is 0 Å². The molecule has 0 bridgehead atoms. The molecule has 6 nitrogen and oxygen atoms in total. The minimum absolute atomic E-state index is 0.253. The van der Waals surface area contributed by atoms with Crippen LogP contribution in [0.4, 0.5) is 0 Å². The van der Waals surface area contributed by atoms with Crippen LogP contribution in [0.1, 0.15) is 18.1 Å². The third-order valence-corrected chi connectivity index (χ3v) is 4.15. The normalized spacial score (nSPS) is 11.0. The first-order chi connectivity index (χ1) is 12.8. The van der Waals surface area contributed by atoms with Gasteiger partial charge in [0.25, 0.3) is 0 Å². The average Bonchev–Trinajstić information content (AvgIpc) is 2.59. The number of carbonyl (C=O) groups is 2. The van der Waals surface area contributed by atoms with Crippen molar-refractivity contribution in [2.45, 2.75) is 13.5 Å². The largest absolute Gasteiger partial charge is 0.493 e. The smallest absolute Gasteiger partial charge is 0.352 e. The summed E-state index contributed by atoms with van der Waals surface area (Å²) in [5.74, 6) is -1.07. The van der Waals surface area contributed by atoms with Gasteiger partial charge in [-0.3, -0.25) is 4.79 Å². The van der Waals surface area contributed by atoms with E-state index in [9.17, 15) is 14.7 Å². The summed E-state index contributed by atoms with van der Waals surface area (Å²) in [6.45, 7) is 1.50. The number of benzene rings is 2. The Morgan fingerprint density at radius 1 is 1.30 bits per heavy atom. The number of hydrogen-bond donors (Lipinski definition) is 2. The van der Waals surface area contributed by atoms with Gasteiger partial charge in [-0.15, -0.1) is 0 Å². The van der Waals surface area contributed by atoms with Gasteiger partial charge in [-0.25, -0.2) is 4.79 Å². The first kappa shape index (κ1) is 20.8. The Bertz CT molecular complexity index is 898. The number of methoxy groups -OCH3 is 1. The fourth-order valence-corrected chi connectivity index (χ4v) is 2.97. The van der Waals surface area contributed by atoms with E-state index in [1.54, 1.807) is 6.07 Å². The van der Waals surface area contributed by atoms with E-state index in [0.717, 1.165) is 10.0 Å². The highest BCUT2D eigenvalue weighted by molar-refractivity contribution is 9.10. The topological polar surface area (TPSA) is 84.9 Å². The number of nitrogens with one attached hydrogen (secondary N) is 1. The molecule has 27 heavy (non-hydrogen) atoms. The third kappa shape index (κ3) is 6.01. The van der Waals surface area contributed by atoms with Gasteiger partial charge in [-0.1, -0.05) is 39.7 Å². The maximum atomic E-state index is 11.3. The standard InChI is InChI=1S/C19H17BrClNO5/c1-11(23)22-16(19(24)25)8-13-7-15(21)18(17(9-13)26-2)27-10-12-4-3-5-14(20)6-12/h3-9H,10H2,1-2H3,(H,22,23)(H,24,25)/b16-8+. The second-order valence-electron chi connectivity index (χ2n) is 5.50. The van der Waals surface area contributed by atoms with Gasteiger partial charge in [-0.05, 0) is 41.5 Å². The predicted molar refractivity (Wildman–Crippen MR) is 106 cm³/mol. The Morgan fingerprint density at radius 3 is 2.63 bits per heavy atom. The molecule has 0 aliphatic rings. The maximum Gasteiger partial charge on any atom is 0.352 e. The van der Waals surface area contributed by atoms with E-state index < -0.39 is 11.9 Å². The maximum absolute atomic E-state index is 11.3. The lowest BCUT2D eigenvalue weighted by atomic mass is 10.1. The molecule has 0 aliphatic heterocycles. The van der Waals surface area contributed by atoms with Gasteiger partial charge in [0, 0.05) is 11.4 Å². The van der Waals surface area contributed by atoms with Crippen molar-refractivity contribution < 1.29 is 24.2 Å². The summed E-state index contributed by atoms with van der Waals surface area (Å²) in [6, 6.07) is 10.7. The summed E-state index contributed by atoms with van der Waals surface area (Å²) in [6.07, 6.45) is 1.29. The van der Waals surface area contributed by atoms with Crippen LogP contribution < -0.4 is 14.8 Å². The van der Waals surface area contributed by atoms with Crippen molar-refractivity contribution in [1.29, 1.82) is 0 Å². The van der Waals surface area contributed by atoms with Crippen LogP contribution in [-0.2, 0) is 16.2 Å². The summed E-state index contributed by atoms with van der Waals surface area (Å²) < 4.78 is 12.0. The monoisotopic (exact) mass is 453 g/mol. The third-order valence-electron chi connectivity index (χ3n) is 3.38. The molecule has 0 aliphatic carbocycles. The number of aliphatic carboxylic acids is 1. The highest BCUT2D eigenvalue weighted by atomic mass is 79.9. The van der Waals surface area contributed by atoms with Gasteiger partial charge in [0.2, 0.25) is 5.91 Å². The Balaban J connectivity index is 2.30. The van der Waals surface area contributed by atoms with E-state index in [2.05, 4.69) is 21.2 Å².